The number of aromatic hydroxyl groups is 1. The van der Waals surface area contributed by atoms with E-state index in [1.807, 2.05) is 31.2 Å². The fourth-order valence-electron chi connectivity index (χ4n) is 4.46. The lowest BCUT2D eigenvalue weighted by molar-refractivity contribution is 0.0723. The van der Waals surface area contributed by atoms with Crippen LogP contribution in [0.25, 0.3) is 11.3 Å². The zero-order chi connectivity index (χ0) is 24.4. The van der Waals surface area contributed by atoms with Crippen LogP contribution >= 0.6 is 0 Å². The summed E-state index contributed by atoms with van der Waals surface area (Å²) in [6.07, 6.45) is 0.659. The second kappa shape index (κ2) is 9.64. The number of benzene rings is 2. The first kappa shape index (κ1) is 23.4. The molecule has 0 saturated heterocycles. The lowest BCUT2D eigenvalue weighted by Crippen LogP contribution is -2.31. The van der Waals surface area contributed by atoms with Crippen molar-refractivity contribution >= 4 is 5.91 Å². The molecule has 1 atom stereocenters. The lowest BCUT2D eigenvalue weighted by Gasteiger charge is -2.27. The van der Waals surface area contributed by atoms with Crippen LogP contribution in [0.15, 0.2) is 30.3 Å². The van der Waals surface area contributed by atoms with E-state index in [0.29, 0.717) is 59.3 Å². The summed E-state index contributed by atoms with van der Waals surface area (Å²) < 4.78 is 21.8. The van der Waals surface area contributed by atoms with E-state index in [9.17, 15) is 9.90 Å². The van der Waals surface area contributed by atoms with Gasteiger partial charge in [0.1, 0.15) is 17.1 Å². The molecule has 1 aromatic heterocycles. The van der Waals surface area contributed by atoms with Crippen molar-refractivity contribution in [2.24, 2.45) is 0 Å². The molecule has 0 bridgehead atoms. The summed E-state index contributed by atoms with van der Waals surface area (Å²) in [6.45, 7) is 2.92. The van der Waals surface area contributed by atoms with Crippen molar-refractivity contribution in [3.63, 3.8) is 0 Å². The van der Waals surface area contributed by atoms with Crippen molar-refractivity contribution in [3.8, 4) is 34.3 Å². The Morgan fingerprint density at radius 3 is 2.38 bits per heavy atom. The molecule has 1 aliphatic heterocycles. The van der Waals surface area contributed by atoms with Crippen LogP contribution in [0.5, 0.6) is 23.0 Å². The van der Waals surface area contributed by atoms with E-state index < -0.39 is 6.04 Å². The Labute approximate surface area is 198 Å². The van der Waals surface area contributed by atoms with Crippen LogP contribution in [0.1, 0.15) is 39.6 Å². The molecule has 9 heteroatoms. The van der Waals surface area contributed by atoms with Crippen LogP contribution < -0.4 is 14.2 Å². The second-order valence-corrected chi connectivity index (χ2v) is 8.09. The maximum Gasteiger partial charge on any atom is 0.273 e. The van der Waals surface area contributed by atoms with Crippen LogP contribution in [-0.2, 0) is 4.74 Å². The zero-order valence-corrected chi connectivity index (χ0v) is 20.0. The molecule has 1 unspecified atom stereocenters. The van der Waals surface area contributed by atoms with E-state index in [1.54, 1.807) is 39.4 Å². The molecule has 1 aliphatic rings. The van der Waals surface area contributed by atoms with Gasteiger partial charge in [-0.15, -0.1) is 0 Å². The fraction of sp³-hybridized carbons (Fsp3) is 0.360. The zero-order valence-electron chi connectivity index (χ0n) is 20.0. The van der Waals surface area contributed by atoms with Gasteiger partial charge in [-0.05, 0) is 43.2 Å². The van der Waals surface area contributed by atoms with Gasteiger partial charge in [-0.25, -0.2) is 0 Å². The van der Waals surface area contributed by atoms with Gasteiger partial charge in [0.05, 0.1) is 27.4 Å². The minimum atomic E-state index is -0.485. The van der Waals surface area contributed by atoms with Crippen molar-refractivity contribution in [1.29, 1.82) is 0 Å². The number of rotatable bonds is 9. The number of fused-ring (bicyclic) bond motifs is 1. The van der Waals surface area contributed by atoms with Crippen LogP contribution in [0.3, 0.4) is 0 Å². The molecule has 2 aromatic carbocycles. The minimum Gasteiger partial charge on any atom is -0.507 e. The summed E-state index contributed by atoms with van der Waals surface area (Å²) in [4.78, 5) is 15.2. The lowest BCUT2D eigenvalue weighted by atomic mass is 9.94. The topological polar surface area (TPSA) is 106 Å². The number of carbonyl (C=O) groups is 1. The maximum atomic E-state index is 13.5. The van der Waals surface area contributed by atoms with Gasteiger partial charge in [-0.2, -0.15) is 5.10 Å². The number of H-pyrrole nitrogens is 1. The summed E-state index contributed by atoms with van der Waals surface area (Å²) >= 11 is 0. The number of nitrogens with one attached hydrogen (secondary N) is 1. The number of carbonyl (C=O) groups excluding carboxylic acids is 1. The number of phenolic OH excluding ortho intramolecular Hbond substituents is 1. The Morgan fingerprint density at radius 2 is 1.76 bits per heavy atom. The highest BCUT2D eigenvalue weighted by Crippen LogP contribution is 2.48. The van der Waals surface area contributed by atoms with Gasteiger partial charge < -0.3 is 29.0 Å². The Hall–Kier alpha value is -3.72. The summed E-state index contributed by atoms with van der Waals surface area (Å²) in [6, 6.07) is 8.50. The monoisotopic (exact) mass is 467 g/mol. The van der Waals surface area contributed by atoms with Gasteiger partial charge in [0.15, 0.2) is 11.5 Å². The number of aromatic amines is 1. The average molecular weight is 468 g/mol. The van der Waals surface area contributed by atoms with Crippen molar-refractivity contribution in [2.45, 2.75) is 19.4 Å². The molecule has 2 heterocycles. The number of ether oxygens (including phenoxy) is 4. The Balaban J connectivity index is 1.92. The smallest absolute Gasteiger partial charge is 0.273 e. The van der Waals surface area contributed by atoms with Crippen LogP contribution in [0.2, 0.25) is 0 Å². The first-order valence-electron chi connectivity index (χ1n) is 10.9. The first-order chi connectivity index (χ1) is 16.4. The first-order valence-corrected chi connectivity index (χ1v) is 10.9. The molecule has 0 saturated carbocycles. The molecule has 0 radical (unpaired) electrons. The molecule has 0 aliphatic carbocycles. The Bertz CT molecular complexity index is 1180. The summed E-state index contributed by atoms with van der Waals surface area (Å²) in [5, 5.41) is 18.0. The molecule has 34 heavy (non-hydrogen) atoms. The van der Waals surface area contributed by atoms with Crippen LogP contribution in [0, 0.1) is 6.92 Å². The number of phenols is 1. The molecular formula is C25H29N3O6. The largest absolute Gasteiger partial charge is 0.507 e. The number of aryl methyl sites for hydroxylation is 1. The molecule has 180 valence electrons. The molecule has 1 amide bonds. The molecule has 4 rings (SSSR count). The molecule has 9 nitrogen and oxygen atoms in total. The van der Waals surface area contributed by atoms with Gasteiger partial charge in [-0.3, -0.25) is 9.89 Å². The standard InChI is InChI=1S/C25H29N3O6/c1-14-7-8-17(29)16(11-14)21-20-22(27-26-21)25(30)28(9-6-10-31-2)23(20)15-12-18(32-3)24(34-5)19(13-15)33-4/h7-8,11-13,23,29H,6,9-10H2,1-5H3,(H,26,27). The third kappa shape index (κ3) is 3.92. The summed E-state index contributed by atoms with van der Waals surface area (Å²) in [5.41, 5.74) is 3.91. The predicted molar refractivity (Wildman–Crippen MR) is 126 cm³/mol. The van der Waals surface area contributed by atoms with E-state index in [0.717, 1.165) is 11.1 Å². The van der Waals surface area contributed by atoms with Crippen molar-refractivity contribution in [3.05, 3.63) is 52.7 Å². The van der Waals surface area contributed by atoms with Crippen molar-refractivity contribution in [1.82, 2.24) is 15.1 Å². The second-order valence-electron chi connectivity index (χ2n) is 8.09. The molecular weight excluding hydrogens is 438 g/mol. The van der Waals surface area contributed by atoms with Crippen LogP contribution in [0.4, 0.5) is 0 Å². The molecule has 0 fully saturated rings. The van der Waals surface area contributed by atoms with Gasteiger partial charge in [0.25, 0.3) is 5.91 Å². The number of aromatic nitrogens is 2. The quantitative estimate of drug-likeness (QED) is 0.462. The molecule has 2 N–H and O–H groups in total. The predicted octanol–water partition coefficient (Wildman–Crippen LogP) is 3.70. The third-order valence-corrected chi connectivity index (χ3v) is 6.02. The SMILES string of the molecule is COCCCN1C(=O)c2[nH]nc(-c3cc(C)ccc3O)c2C1c1cc(OC)c(OC)c(OC)c1. The van der Waals surface area contributed by atoms with E-state index >= 15 is 0 Å². The van der Waals surface area contributed by atoms with Crippen molar-refractivity contribution in [2.75, 3.05) is 41.6 Å². The maximum absolute atomic E-state index is 13.5. The number of amides is 1. The molecule has 0 spiro atoms. The normalized spacial score (nSPS) is 14.9. The Kier molecular flexibility index (Phi) is 6.65. The van der Waals surface area contributed by atoms with Crippen LogP contribution in [-0.4, -0.2) is 67.7 Å². The summed E-state index contributed by atoms with van der Waals surface area (Å²) in [5.74, 6) is 1.36. The van der Waals surface area contributed by atoms with Gasteiger partial charge in [0.2, 0.25) is 5.75 Å². The van der Waals surface area contributed by atoms with Gasteiger partial charge in [0, 0.05) is 31.4 Å². The number of hydrogen-bond acceptors (Lipinski definition) is 7. The minimum absolute atomic E-state index is 0.0915. The Morgan fingerprint density at radius 1 is 1.06 bits per heavy atom. The highest BCUT2D eigenvalue weighted by Gasteiger charge is 2.43. The van der Waals surface area contributed by atoms with Crippen molar-refractivity contribution < 1.29 is 28.8 Å². The van der Waals surface area contributed by atoms with Gasteiger partial charge in [-0.1, -0.05) is 11.6 Å². The number of nitrogens with zero attached hydrogens (tertiary/aromatic N) is 2. The van der Waals surface area contributed by atoms with E-state index in [-0.39, 0.29) is 11.7 Å². The molecule has 3 aromatic rings. The number of hydrogen-bond donors (Lipinski definition) is 2. The summed E-state index contributed by atoms with van der Waals surface area (Å²) in [7, 11) is 6.28. The van der Waals surface area contributed by atoms with Gasteiger partial charge >= 0.3 is 0 Å². The van der Waals surface area contributed by atoms with E-state index in [1.165, 1.54) is 0 Å². The average Bonchev–Trinajstić information content (AvgIpc) is 3.38. The fourth-order valence-corrected chi connectivity index (χ4v) is 4.46. The van der Waals surface area contributed by atoms with E-state index in [4.69, 9.17) is 18.9 Å². The highest BCUT2D eigenvalue weighted by molar-refractivity contribution is 6.00. The van der Waals surface area contributed by atoms with E-state index in [2.05, 4.69) is 10.2 Å². The third-order valence-electron chi connectivity index (χ3n) is 6.02. The highest BCUT2D eigenvalue weighted by atomic mass is 16.5. The number of methoxy groups -OCH3 is 4.